The Bertz CT molecular complexity index is 554. The van der Waals surface area contributed by atoms with Crippen LogP contribution in [-0.4, -0.2) is 15.8 Å². The third-order valence-electron chi connectivity index (χ3n) is 3.00. The first-order valence-corrected chi connectivity index (χ1v) is 6.36. The van der Waals surface area contributed by atoms with Crippen molar-refractivity contribution in [2.45, 2.75) is 32.6 Å². The van der Waals surface area contributed by atoms with Crippen LogP contribution in [0.25, 0.3) is 0 Å². The maximum Gasteiger partial charge on any atom is 0.204 e. The summed E-state index contributed by atoms with van der Waals surface area (Å²) in [6, 6.07) is 9.86. The molecule has 3 heteroatoms. The van der Waals surface area contributed by atoms with Crippen LogP contribution >= 0.6 is 0 Å². The maximum atomic E-state index is 12.0. The molecule has 2 aromatic rings. The van der Waals surface area contributed by atoms with Gasteiger partial charge in [0.15, 0.2) is 5.82 Å². The van der Waals surface area contributed by atoms with E-state index in [9.17, 15) is 4.79 Å². The lowest BCUT2D eigenvalue weighted by Gasteiger charge is -2.19. The van der Waals surface area contributed by atoms with Crippen molar-refractivity contribution < 1.29 is 4.79 Å². The zero-order valence-corrected chi connectivity index (χ0v) is 11.6. The van der Waals surface area contributed by atoms with Gasteiger partial charge >= 0.3 is 0 Å². The Balaban J connectivity index is 2.10. The van der Waals surface area contributed by atoms with Gasteiger partial charge < -0.3 is 0 Å². The molecule has 0 N–H and O–H groups in total. The summed E-state index contributed by atoms with van der Waals surface area (Å²) in [6.07, 6.45) is 3.51. The summed E-state index contributed by atoms with van der Waals surface area (Å²) in [5.41, 5.74) is 2.38. The van der Waals surface area contributed by atoms with Crippen LogP contribution in [0.2, 0.25) is 0 Å². The topological polar surface area (TPSA) is 42.9 Å². The Labute approximate surface area is 113 Å². The van der Waals surface area contributed by atoms with Gasteiger partial charge in [-0.25, -0.2) is 9.97 Å². The molecule has 0 unspecified atom stereocenters. The Morgan fingerprint density at radius 1 is 1.05 bits per heavy atom. The number of rotatable bonds is 3. The van der Waals surface area contributed by atoms with Gasteiger partial charge in [-0.3, -0.25) is 4.79 Å². The average Bonchev–Trinajstić information content (AvgIpc) is 2.39. The Kier molecular flexibility index (Phi) is 3.74. The number of ketones is 1. The van der Waals surface area contributed by atoms with Crippen LogP contribution in [0.1, 0.15) is 42.5 Å². The minimum atomic E-state index is -0.0518. The molecule has 19 heavy (non-hydrogen) atoms. The van der Waals surface area contributed by atoms with Crippen LogP contribution in [0.3, 0.4) is 0 Å². The fraction of sp³-hybridized carbons (Fsp3) is 0.312. The van der Waals surface area contributed by atoms with E-state index >= 15 is 0 Å². The summed E-state index contributed by atoms with van der Waals surface area (Å²) in [6.45, 7) is 6.51. The summed E-state index contributed by atoms with van der Waals surface area (Å²) in [7, 11) is 0. The molecular weight excluding hydrogens is 236 g/mol. The van der Waals surface area contributed by atoms with Crippen LogP contribution in [0.4, 0.5) is 0 Å². The van der Waals surface area contributed by atoms with Crippen LogP contribution in [0.5, 0.6) is 0 Å². The highest BCUT2D eigenvalue weighted by Gasteiger charge is 2.14. The maximum absolute atomic E-state index is 12.0. The fourth-order valence-electron chi connectivity index (χ4n) is 1.83. The predicted molar refractivity (Wildman–Crippen MR) is 75.2 cm³/mol. The summed E-state index contributed by atoms with van der Waals surface area (Å²) in [5.74, 6) is 0.228. The standard InChI is InChI=1S/C16H18N2O/c1-16(2,3)13-7-5-12(6-8-13)11-14(19)15-17-9-4-10-18-15/h4-10H,11H2,1-3H3. The van der Waals surface area contributed by atoms with Gasteiger partial charge in [-0.05, 0) is 22.6 Å². The van der Waals surface area contributed by atoms with Crippen molar-refractivity contribution in [3.63, 3.8) is 0 Å². The van der Waals surface area contributed by atoms with Gasteiger partial charge in [-0.15, -0.1) is 0 Å². The van der Waals surface area contributed by atoms with Gasteiger partial charge in [-0.2, -0.15) is 0 Å². The molecule has 0 atom stereocenters. The van der Waals surface area contributed by atoms with Gasteiger partial charge in [-0.1, -0.05) is 45.0 Å². The molecule has 3 nitrogen and oxygen atoms in total. The molecule has 0 bridgehead atoms. The monoisotopic (exact) mass is 254 g/mol. The lowest BCUT2D eigenvalue weighted by Crippen LogP contribution is -2.11. The highest BCUT2D eigenvalue weighted by molar-refractivity contribution is 5.93. The predicted octanol–water partition coefficient (Wildman–Crippen LogP) is 3.20. The van der Waals surface area contributed by atoms with Crippen LogP contribution in [-0.2, 0) is 11.8 Å². The van der Waals surface area contributed by atoms with E-state index in [2.05, 4.69) is 42.9 Å². The first kappa shape index (κ1) is 13.4. The molecule has 0 amide bonds. The molecule has 0 aliphatic rings. The van der Waals surface area contributed by atoms with Crippen molar-refractivity contribution in [1.29, 1.82) is 0 Å². The summed E-state index contributed by atoms with van der Waals surface area (Å²) >= 11 is 0. The number of Topliss-reactive ketones (excluding diaryl/α,β-unsaturated/α-hetero) is 1. The molecule has 0 fully saturated rings. The molecule has 0 spiro atoms. The molecule has 0 saturated carbocycles. The van der Waals surface area contributed by atoms with E-state index in [-0.39, 0.29) is 17.0 Å². The number of aromatic nitrogens is 2. The largest absolute Gasteiger partial charge is 0.290 e. The fourth-order valence-corrected chi connectivity index (χ4v) is 1.83. The Hall–Kier alpha value is -2.03. The van der Waals surface area contributed by atoms with Crippen molar-refractivity contribution in [3.8, 4) is 0 Å². The number of carbonyl (C=O) groups excluding carboxylic acids is 1. The zero-order chi connectivity index (χ0) is 13.9. The van der Waals surface area contributed by atoms with Gasteiger partial charge in [0.05, 0.1) is 0 Å². The number of benzene rings is 1. The average molecular weight is 254 g/mol. The van der Waals surface area contributed by atoms with E-state index in [0.717, 1.165) is 5.56 Å². The lowest BCUT2D eigenvalue weighted by molar-refractivity contribution is 0.0983. The number of carbonyl (C=O) groups is 1. The second-order valence-corrected chi connectivity index (χ2v) is 5.62. The molecule has 0 aliphatic heterocycles. The molecule has 1 aromatic heterocycles. The second-order valence-electron chi connectivity index (χ2n) is 5.62. The normalized spacial score (nSPS) is 11.3. The molecular formula is C16H18N2O. The number of nitrogens with zero attached hydrogens (tertiary/aromatic N) is 2. The van der Waals surface area contributed by atoms with E-state index in [1.54, 1.807) is 18.5 Å². The second kappa shape index (κ2) is 5.31. The van der Waals surface area contributed by atoms with E-state index in [1.165, 1.54) is 5.56 Å². The summed E-state index contributed by atoms with van der Waals surface area (Å²) in [5, 5.41) is 0. The van der Waals surface area contributed by atoms with E-state index < -0.39 is 0 Å². The molecule has 98 valence electrons. The zero-order valence-electron chi connectivity index (χ0n) is 11.6. The smallest absolute Gasteiger partial charge is 0.204 e. The first-order valence-electron chi connectivity index (χ1n) is 6.36. The van der Waals surface area contributed by atoms with Crippen molar-refractivity contribution in [2.24, 2.45) is 0 Å². The van der Waals surface area contributed by atoms with Crippen molar-refractivity contribution in [3.05, 3.63) is 59.7 Å². The third kappa shape index (κ3) is 3.47. The van der Waals surface area contributed by atoms with Gasteiger partial charge in [0.1, 0.15) is 0 Å². The minimum Gasteiger partial charge on any atom is -0.290 e. The molecule has 0 radical (unpaired) electrons. The molecule has 0 aliphatic carbocycles. The van der Waals surface area contributed by atoms with E-state index in [4.69, 9.17) is 0 Å². The Morgan fingerprint density at radius 3 is 2.16 bits per heavy atom. The lowest BCUT2D eigenvalue weighted by atomic mass is 9.86. The Morgan fingerprint density at radius 2 is 1.63 bits per heavy atom. The number of hydrogen-bond donors (Lipinski definition) is 0. The van der Waals surface area contributed by atoms with Crippen LogP contribution in [0.15, 0.2) is 42.7 Å². The third-order valence-corrected chi connectivity index (χ3v) is 3.00. The van der Waals surface area contributed by atoms with Gasteiger partial charge in [0, 0.05) is 18.8 Å². The quantitative estimate of drug-likeness (QED) is 0.790. The summed E-state index contributed by atoms with van der Waals surface area (Å²) in [4.78, 5) is 19.9. The molecule has 2 rings (SSSR count). The minimum absolute atomic E-state index is 0.0518. The number of hydrogen-bond acceptors (Lipinski definition) is 3. The highest BCUT2D eigenvalue weighted by atomic mass is 16.1. The molecule has 0 saturated heterocycles. The van der Waals surface area contributed by atoms with E-state index in [1.807, 2.05) is 12.1 Å². The van der Waals surface area contributed by atoms with Gasteiger partial charge in [0.25, 0.3) is 0 Å². The van der Waals surface area contributed by atoms with Crippen LogP contribution < -0.4 is 0 Å². The SMILES string of the molecule is CC(C)(C)c1ccc(CC(=O)c2ncccn2)cc1. The van der Waals surface area contributed by atoms with Crippen molar-refractivity contribution >= 4 is 5.78 Å². The highest BCUT2D eigenvalue weighted by Crippen LogP contribution is 2.22. The van der Waals surface area contributed by atoms with Crippen molar-refractivity contribution in [1.82, 2.24) is 9.97 Å². The first-order chi connectivity index (χ1) is 8.97. The van der Waals surface area contributed by atoms with Gasteiger partial charge in [0.2, 0.25) is 5.78 Å². The van der Waals surface area contributed by atoms with Crippen LogP contribution in [0, 0.1) is 0 Å². The molecule has 1 aromatic carbocycles. The van der Waals surface area contributed by atoms with E-state index in [0.29, 0.717) is 6.42 Å². The summed E-state index contributed by atoms with van der Waals surface area (Å²) < 4.78 is 0. The van der Waals surface area contributed by atoms with Crippen molar-refractivity contribution in [2.75, 3.05) is 0 Å². The molecule has 1 heterocycles.